The Morgan fingerprint density at radius 1 is 1.29 bits per heavy atom. The number of hydrogen-bond acceptors (Lipinski definition) is 4. The number of rotatable bonds is 4. The minimum atomic E-state index is -3.25. The Morgan fingerprint density at radius 2 is 1.96 bits per heavy atom. The van der Waals surface area contributed by atoms with Crippen LogP contribution in [-0.4, -0.2) is 25.1 Å². The van der Waals surface area contributed by atoms with E-state index in [1.807, 2.05) is 0 Å². The molecule has 1 aliphatic carbocycles. The van der Waals surface area contributed by atoms with E-state index in [4.69, 9.17) is 5.73 Å². The zero-order valence-corrected chi connectivity index (χ0v) is 16.0. The monoisotopic (exact) mass is 374 g/mol. The van der Waals surface area contributed by atoms with Crippen LogP contribution >= 0.6 is 12.4 Å². The molecule has 5 nitrogen and oxygen atoms in total. The molecule has 0 radical (unpaired) electrons. The van der Waals surface area contributed by atoms with Gasteiger partial charge in [0.05, 0.1) is 10.5 Å². The molecule has 0 aliphatic heterocycles. The van der Waals surface area contributed by atoms with Crippen LogP contribution < -0.4 is 11.1 Å². The lowest BCUT2D eigenvalue weighted by Gasteiger charge is -2.19. The van der Waals surface area contributed by atoms with E-state index < -0.39 is 14.6 Å². The van der Waals surface area contributed by atoms with Crippen molar-refractivity contribution >= 4 is 33.8 Å². The summed E-state index contributed by atoms with van der Waals surface area (Å²) in [4.78, 5) is 12.2. The number of sulfone groups is 1. The number of halogens is 1. The number of carbonyl (C=O) groups excluding carboxylic acids is 1. The zero-order chi connectivity index (χ0) is 17.3. The predicted octanol–water partition coefficient (Wildman–Crippen LogP) is 2.89. The predicted molar refractivity (Wildman–Crippen MR) is 100 cm³/mol. The van der Waals surface area contributed by atoms with Crippen LogP contribution in [0.2, 0.25) is 0 Å². The van der Waals surface area contributed by atoms with Gasteiger partial charge >= 0.3 is 0 Å². The van der Waals surface area contributed by atoms with Crippen LogP contribution in [0.4, 0.5) is 5.69 Å². The standard InChI is InChI=1S/C17H26N2O3S.ClH/c1-17(2,3)23(21,22)11-12-5-4-6-15(9-12)19-16(20)13-7-8-14(18)10-13;/h4-6,9,13-14H,7-8,10-11,18H2,1-3H3,(H,19,20);1H. The van der Waals surface area contributed by atoms with Crippen LogP contribution in [0.25, 0.3) is 0 Å². The van der Waals surface area contributed by atoms with Gasteiger partial charge in [-0.3, -0.25) is 4.79 Å². The molecule has 1 aromatic carbocycles. The maximum atomic E-state index is 12.3. The second kappa shape index (κ2) is 7.85. The van der Waals surface area contributed by atoms with Crippen LogP contribution in [0.5, 0.6) is 0 Å². The largest absolute Gasteiger partial charge is 0.328 e. The number of amides is 1. The summed E-state index contributed by atoms with van der Waals surface area (Å²) >= 11 is 0. The van der Waals surface area contributed by atoms with E-state index in [1.54, 1.807) is 45.0 Å². The smallest absolute Gasteiger partial charge is 0.227 e. The molecule has 1 saturated carbocycles. The number of hydrogen-bond donors (Lipinski definition) is 2. The molecule has 2 rings (SSSR count). The molecule has 1 aromatic rings. The van der Waals surface area contributed by atoms with E-state index in [0.29, 0.717) is 17.7 Å². The molecule has 0 saturated heterocycles. The van der Waals surface area contributed by atoms with Crippen molar-refractivity contribution in [3.8, 4) is 0 Å². The quantitative estimate of drug-likeness (QED) is 0.847. The fraction of sp³-hybridized carbons (Fsp3) is 0.588. The first-order valence-corrected chi connectivity index (χ1v) is 9.61. The first-order valence-electron chi connectivity index (χ1n) is 7.96. The summed E-state index contributed by atoms with van der Waals surface area (Å²) in [6.07, 6.45) is 2.40. The van der Waals surface area contributed by atoms with Gasteiger partial charge in [0.1, 0.15) is 0 Å². The van der Waals surface area contributed by atoms with Crippen molar-refractivity contribution in [2.75, 3.05) is 5.32 Å². The number of nitrogens with two attached hydrogens (primary N) is 1. The van der Waals surface area contributed by atoms with Crippen LogP contribution in [0.1, 0.15) is 45.6 Å². The Kier molecular flexibility index (Phi) is 6.84. The number of benzene rings is 1. The van der Waals surface area contributed by atoms with Gasteiger partial charge in [0.25, 0.3) is 0 Å². The van der Waals surface area contributed by atoms with Crippen LogP contribution in [0, 0.1) is 5.92 Å². The van der Waals surface area contributed by atoms with Crippen molar-refractivity contribution in [3.05, 3.63) is 29.8 Å². The topological polar surface area (TPSA) is 89.3 Å². The summed E-state index contributed by atoms with van der Waals surface area (Å²) in [5, 5.41) is 2.88. The molecule has 24 heavy (non-hydrogen) atoms. The second-order valence-corrected chi connectivity index (χ2v) is 10.1. The lowest BCUT2D eigenvalue weighted by Crippen LogP contribution is -2.29. The highest BCUT2D eigenvalue weighted by Gasteiger charge is 2.30. The summed E-state index contributed by atoms with van der Waals surface area (Å²) in [6.45, 7) is 5.08. The maximum absolute atomic E-state index is 12.3. The lowest BCUT2D eigenvalue weighted by molar-refractivity contribution is -0.119. The molecule has 0 bridgehead atoms. The highest BCUT2D eigenvalue weighted by molar-refractivity contribution is 7.91. The SMILES string of the molecule is CC(C)(C)S(=O)(=O)Cc1cccc(NC(=O)C2CCC(N)C2)c1.Cl. The van der Waals surface area contributed by atoms with Gasteiger partial charge in [0, 0.05) is 17.6 Å². The molecule has 1 aliphatic rings. The van der Waals surface area contributed by atoms with Gasteiger partial charge < -0.3 is 11.1 Å². The maximum Gasteiger partial charge on any atom is 0.227 e. The molecule has 0 spiro atoms. The third-order valence-corrected chi connectivity index (χ3v) is 6.91. The average molecular weight is 375 g/mol. The molecule has 136 valence electrons. The van der Waals surface area contributed by atoms with Crippen molar-refractivity contribution < 1.29 is 13.2 Å². The summed E-state index contributed by atoms with van der Waals surface area (Å²) in [6, 6.07) is 7.15. The normalized spacial score (nSPS) is 21.2. The Hall–Kier alpha value is -1.11. The second-order valence-electron chi connectivity index (χ2n) is 7.33. The van der Waals surface area contributed by atoms with Crippen molar-refractivity contribution in [1.82, 2.24) is 0 Å². The molecular weight excluding hydrogens is 348 g/mol. The summed E-state index contributed by atoms with van der Waals surface area (Å²) in [7, 11) is -3.25. The van der Waals surface area contributed by atoms with Crippen molar-refractivity contribution in [2.24, 2.45) is 11.7 Å². The Morgan fingerprint density at radius 3 is 2.50 bits per heavy atom. The first kappa shape index (κ1) is 20.9. The van der Waals surface area contributed by atoms with Crippen LogP contribution in [-0.2, 0) is 20.4 Å². The highest BCUT2D eigenvalue weighted by Crippen LogP contribution is 2.26. The average Bonchev–Trinajstić information content (AvgIpc) is 2.84. The van der Waals surface area contributed by atoms with Gasteiger partial charge in [-0.25, -0.2) is 8.42 Å². The molecular formula is C17H27ClN2O3S. The Balaban J connectivity index is 0.00000288. The Bertz CT molecular complexity index is 683. The minimum absolute atomic E-state index is 0. The van der Waals surface area contributed by atoms with E-state index in [1.165, 1.54) is 0 Å². The van der Waals surface area contributed by atoms with Crippen molar-refractivity contribution in [1.29, 1.82) is 0 Å². The third kappa shape index (κ3) is 5.19. The van der Waals surface area contributed by atoms with Gasteiger partial charge in [0.15, 0.2) is 9.84 Å². The molecule has 2 atom stereocenters. The van der Waals surface area contributed by atoms with E-state index in [-0.39, 0.29) is 36.0 Å². The lowest BCUT2D eigenvalue weighted by atomic mass is 10.1. The molecule has 2 unspecified atom stereocenters. The van der Waals surface area contributed by atoms with Crippen LogP contribution in [0.3, 0.4) is 0 Å². The molecule has 1 fully saturated rings. The molecule has 0 aromatic heterocycles. The first-order chi connectivity index (χ1) is 10.6. The molecule has 1 amide bonds. The van der Waals surface area contributed by atoms with E-state index in [9.17, 15) is 13.2 Å². The van der Waals surface area contributed by atoms with Crippen molar-refractivity contribution in [2.45, 2.75) is 56.6 Å². The van der Waals surface area contributed by atoms with Gasteiger partial charge in [-0.1, -0.05) is 12.1 Å². The third-order valence-electron chi connectivity index (χ3n) is 4.33. The van der Waals surface area contributed by atoms with Gasteiger partial charge in [-0.15, -0.1) is 12.4 Å². The molecule has 0 heterocycles. The summed E-state index contributed by atoms with van der Waals surface area (Å²) in [5.41, 5.74) is 7.16. The Labute approximate surface area is 150 Å². The highest BCUT2D eigenvalue weighted by atomic mass is 35.5. The zero-order valence-electron chi connectivity index (χ0n) is 14.4. The van der Waals surface area contributed by atoms with Gasteiger partial charge in [-0.2, -0.15) is 0 Å². The van der Waals surface area contributed by atoms with Crippen LogP contribution in [0.15, 0.2) is 24.3 Å². The number of carbonyl (C=O) groups is 1. The van der Waals surface area contributed by atoms with E-state index in [0.717, 1.165) is 12.8 Å². The summed E-state index contributed by atoms with van der Waals surface area (Å²) in [5.74, 6) is -0.116. The van der Waals surface area contributed by atoms with Gasteiger partial charge in [-0.05, 0) is 57.7 Å². The summed E-state index contributed by atoms with van der Waals surface area (Å²) < 4.78 is 23.8. The van der Waals surface area contributed by atoms with Crippen molar-refractivity contribution in [3.63, 3.8) is 0 Å². The fourth-order valence-corrected chi connectivity index (χ4v) is 3.73. The molecule has 7 heteroatoms. The fourth-order valence-electron chi connectivity index (χ4n) is 2.67. The molecule has 3 N–H and O–H groups in total. The van der Waals surface area contributed by atoms with E-state index in [2.05, 4.69) is 5.32 Å². The van der Waals surface area contributed by atoms with Gasteiger partial charge in [0.2, 0.25) is 5.91 Å². The van der Waals surface area contributed by atoms with E-state index >= 15 is 0 Å². The minimum Gasteiger partial charge on any atom is -0.328 e. The number of anilines is 1. The number of nitrogens with one attached hydrogen (secondary N) is 1.